The Hall–Kier alpha value is -1.06. The van der Waals surface area contributed by atoms with Gasteiger partial charge in [-0.15, -0.1) is 0 Å². The number of phenolic OH excluding ortho intramolecular Hbond substituents is 1. The van der Waals surface area contributed by atoms with E-state index in [1.165, 1.54) is 5.56 Å². The van der Waals surface area contributed by atoms with Crippen LogP contribution >= 0.6 is 0 Å². The standard InChI is InChI=1S/C10H16N2O/c1-12(7-6-11)8-9-2-4-10(13)5-3-9/h2-5,13H,6-8,11H2,1H3. The largest absolute Gasteiger partial charge is 0.508 e. The van der Waals surface area contributed by atoms with E-state index in [0.717, 1.165) is 13.1 Å². The Kier molecular flexibility index (Phi) is 3.73. The molecule has 3 nitrogen and oxygen atoms in total. The van der Waals surface area contributed by atoms with Gasteiger partial charge in [-0.2, -0.15) is 0 Å². The molecule has 0 fully saturated rings. The zero-order valence-electron chi connectivity index (χ0n) is 7.90. The molecule has 0 unspecified atom stereocenters. The Morgan fingerprint density at radius 2 is 1.92 bits per heavy atom. The molecule has 0 spiro atoms. The second-order valence-corrected chi connectivity index (χ2v) is 3.19. The van der Waals surface area contributed by atoms with Gasteiger partial charge in [-0.3, -0.25) is 0 Å². The first-order chi connectivity index (χ1) is 6.22. The van der Waals surface area contributed by atoms with Gasteiger partial charge in [-0.1, -0.05) is 12.1 Å². The molecule has 3 N–H and O–H groups in total. The third kappa shape index (κ3) is 3.44. The van der Waals surface area contributed by atoms with Crippen molar-refractivity contribution in [2.75, 3.05) is 20.1 Å². The summed E-state index contributed by atoms with van der Waals surface area (Å²) < 4.78 is 0. The lowest BCUT2D eigenvalue weighted by Gasteiger charge is -2.14. The fourth-order valence-electron chi connectivity index (χ4n) is 1.21. The van der Waals surface area contributed by atoms with E-state index < -0.39 is 0 Å². The van der Waals surface area contributed by atoms with Gasteiger partial charge in [-0.25, -0.2) is 0 Å². The number of benzene rings is 1. The zero-order valence-corrected chi connectivity index (χ0v) is 7.90. The fraction of sp³-hybridized carbons (Fsp3) is 0.400. The number of phenols is 1. The second kappa shape index (κ2) is 4.84. The Morgan fingerprint density at radius 1 is 1.31 bits per heavy atom. The van der Waals surface area contributed by atoms with E-state index in [0.29, 0.717) is 12.3 Å². The molecule has 0 aliphatic carbocycles. The molecule has 0 saturated heterocycles. The third-order valence-corrected chi connectivity index (χ3v) is 1.90. The molecule has 1 aromatic carbocycles. The number of hydrogen-bond donors (Lipinski definition) is 2. The molecule has 13 heavy (non-hydrogen) atoms. The summed E-state index contributed by atoms with van der Waals surface area (Å²) in [5.41, 5.74) is 6.61. The van der Waals surface area contributed by atoms with Gasteiger partial charge in [0.25, 0.3) is 0 Å². The van der Waals surface area contributed by atoms with Crippen LogP contribution in [-0.2, 0) is 6.54 Å². The lowest BCUT2D eigenvalue weighted by Crippen LogP contribution is -2.24. The van der Waals surface area contributed by atoms with Crippen LogP contribution in [0.5, 0.6) is 5.75 Å². The summed E-state index contributed by atoms with van der Waals surface area (Å²) in [6.45, 7) is 2.44. The molecule has 72 valence electrons. The maximum absolute atomic E-state index is 9.06. The first-order valence-corrected chi connectivity index (χ1v) is 4.39. The van der Waals surface area contributed by atoms with Gasteiger partial charge in [0.2, 0.25) is 0 Å². The Labute approximate surface area is 78.8 Å². The quantitative estimate of drug-likeness (QED) is 0.720. The van der Waals surface area contributed by atoms with Crippen LogP contribution in [0.4, 0.5) is 0 Å². The van der Waals surface area contributed by atoms with Crippen LogP contribution in [0.15, 0.2) is 24.3 Å². The van der Waals surface area contributed by atoms with Gasteiger partial charge in [0.15, 0.2) is 0 Å². The summed E-state index contributed by atoms with van der Waals surface area (Å²) in [6.07, 6.45) is 0. The minimum atomic E-state index is 0.310. The SMILES string of the molecule is CN(CCN)Cc1ccc(O)cc1. The van der Waals surface area contributed by atoms with Crippen LogP contribution in [0.25, 0.3) is 0 Å². The molecule has 0 atom stereocenters. The molecular weight excluding hydrogens is 164 g/mol. The lowest BCUT2D eigenvalue weighted by molar-refractivity contribution is 0.336. The van der Waals surface area contributed by atoms with E-state index in [1.54, 1.807) is 12.1 Å². The number of nitrogens with zero attached hydrogens (tertiary/aromatic N) is 1. The molecule has 0 aliphatic rings. The highest BCUT2D eigenvalue weighted by molar-refractivity contribution is 5.25. The highest BCUT2D eigenvalue weighted by Crippen LogP contribution is 2.10. The van der Waals surface area contributed by atoms with Crippen LogP contribution in [0.2, 0.25) is 0 Å². The van der Waals surface area contributed by atoms with Crippen molar-refractivity contribution in [3.63, 3.8) is 0 Å². The molecule has 0 saturated carbocycles. The van der Waals surface area contributed by atoms with Crippen LogP contribution in [0, 0.1) is 0 Å². The van der Waals surface area contributed by atoms with Crippen LogP contribution in [0.1, 0.15) is 5.56 Å². The first kappa shape index (κ1) is 10.0. The van der Waals surface area contributed by atoms with Gasteiger partial charge < -0.3 is 15.7 Å². The van der Waals surface area contributed by atoms with E-state index in [4.69, 9.17) is 10.8 Å². The first-order valence-electron chi connectivity index (χ1n) is 4.39. The van der Waals surface area contributed by atoms with E-state index in [-0.39, 0.29) is 0 Å². The molecule has 0 amide bonds. The molecule has 1 rings (SSSR count). The minimum Gasteiger partial charge on any atom is -0.508 e. The zero-order chi connectivity index (χ0) is 9.68. The van der Waals surface area contributed by atoms with Crippen molar-refractivity contribution in [2.45, 2.75) is 6.54 Å². The summed E-state index contributed by atoms with van der Waals surface area (Å²) in [6, 6.07) is 7.24. The van der Waals surface area contributed by atoms with Crippen molar-refractivity contribution in [1.82, 2.24) is 4.90 Å². The number of rotatable bonds is 4. The summed E-state index contributed by atoms with van der Waals surface area (Å²) in [5.74, 6) is 0.310. The van der Waals surface area contributed by atoms with Crippen molar-refractivity contribution in [3.05, 3.63) is 29.8 Å². The summed E-state index contributed by atoms with van der Waals surface area (Å²) >= 11 is 0. The normalized spacial score (nSPS) is 10.7. The van der Waals surface area contributed by atoms with Crippen molar-refractivity contribution < 1.29 is 5.11 Å². The molecule has 0 radical (unpaired) electrons. The average Bonchev–Trinajstić information content (AvgIpc) is 2.09. The van der Waals surface area contributed by atoms with E-state index >= 15 is 0 Å². The summed E-state index contributed by atoms with van der Waals surface area (Å²) in [7, 11) is 2.03. The van der Waals surface area contributed by atoms with Crippen molar-refractivity contribution >= 4 is 0 Å². The van der Waals surface area contributed by atoms with Crippen LogP contribution in [0.3, 0.4) is 0 Å². The molecule has 0 aliphatic heterocycles. The molecular formula is C10H16N2O. The summed E-state index contributed by atoms with van der Waals surface area (Å²) in [5, 5.41) is 9.06. The highest BCUT2D eigenvalue weighted by atomic mass is 16.3. The van der Waals surface area contributed by atoms with Gasteiger partial charge in [0, 0.05) is 19.6 Å². The van der Waals surface area contributed by atoms with Crippen LogP contribution in [-0.4, -0.2) is 30.1 Å². The van der Waals surface area contributed by atoms with Gasteiger partial charge >= 0.3 is 0 Å². The monoisotopic (exact) mass is 180 g/mol. The van der Waals surface area contributed by atoms with Crippen molar-refractivity contribution in [1.29, 1.82) is 0 Å². The van der Waals surface area contributed by atoms with E-state index in [9.17, 15) is 0 Å². The van der Waals surface area contributed by atoms with Crippen molar-refractivity contribution in [2.24, 2.45) is 5.73 Å². The lowest BCUT2D eigenvalue weighted by atomic mass is 10.2. The van der Waals surface area contributed by atoms with Gasteiger partial charge in [0.1, 0.15) is 5.75 Å². The number of nitrogens with two attached hydrogens (primary N) is 1. The fourth-order valence-corrected chi connectivity index (χ4v) is 1.21. The minimum absolute atomic E-state index is 0.310. The molecule has 0 heterocycles. The van der Waals surface area contributed by atoms with E-state index in [2.05, 4.69) is 4.90 Å². The average molecular weight is 180 g/mol. The molecule has 0 aromatic heterocycles. The Bertz CT molecular complexity index is 246. The molecule has 3 heteroatoms. The number of likely N-dealkylation sites (N-methyl/N-ethyl adjacent to an activating group) is 1. The Morgan fingerprint density at radius 3 is 2.46 bits per heavy atom. The molecule has 1 aromatic rings. The topological polar surface area (TPSA) is 49.5 Å². The number of aromatic hydroxyl groups is 1. The smallest absolute Gasteiger partial charge is 0.115 e. The van der Waals surface area contributed by atoms with Gasteiger partial charge in [0.05, 0.1) is 0 Å². The van der Waals surface area contributed by atoms with Gasteiger partial charge in [-0.05, 0) is 24.7 Å². The maximum Gasteiger partial charge on any atom is 0.115 e. The second-order valence-electron chi connectivity index (χ2n) is 3.19. The highest BCUT2D eigenvalue weighted by Gasteiger charge is 1.98. The van der Waals surface area contributed by atoms with E-state index in [1.807, 2.05) is 19.2 Å². The van der Waals surface area contributed by atoms with Crippen LogP contribution < -0.4 is 5.73 Å². The summed E-state index contributed by atoms with van der Waals surface area (Å²) in [4.78, 5) is 2.15. The maximum atomic E-state index is 9.06. The number of hydrogen-bond acceptors (Lipinski definition) is 3. The predicted octanol–water partition coefficient (Wildman–Crippen LogP) is 0.783. The third-order valence-electron chi connectivity index (χ3n) is 1.90. The van der Waals surface area contributed by atoms with Crippen molar-refractivity contribution in [3.8, 4) is 5.75 Å². The predicted molar refractivity (Wildman–Crippen MR) is 53.5 cm³/mol. The molecule has 0 bridgehead atoms. The Balaban J connectivity index is 2.49.